The van der Waals surface area contributed by atoms with Crippen LogP contribution in [0, 0.1) is 12.3 Å². The number of nitrogens with two attached hydrogens (primary N) is 1. The minimum Gasteiger partial charge on any atom is -0.319 e. The molecule has 0 saturated carbocycles. The van der Waals surface area contributed by atoms with Crippen molar-refractivity contribution in [1.29, 1.82) is 0 Å². The van der Waals surface area contributed by atoms with E-state index in [-0.39, 0.29) is 12.1 Å². The average Bonchev–Trinajstić information content (AvgIpc) is 3.49. The molecule has 0 saturated heterocycles. The van der Waals surface area contributed by atoms with E-state index in [4.69, 9.17) is 17.1 Å². The van der Waals surface area contributed by atoms with Gasteiger partial charge in [0.1, 0.15) is 17.9 Å². The molecule has 1 aliphatic heterocycles. The van der Waals surface area contributed by atoms with Gasteiger partial charge in [-0.05, 0) is 57.1 Å². The van der Waals surface area contributed by atoms with Crippen LogP contribution in [0.15, 0.2) is 48.8 Å². The topological polar surface area (TPSA) is 89.9 Å². The molecule has 0 bridgehead atoms. The summed E-state index contributed by atoms with van der Waals surface area (Å²) in [6.07, 6.45) is 12.8. The monoisotopic (exact) mass is 492 g/mol. The van der Waals surface area contributed by atoms with Crippen LogP contribution in [0.3, 0.4) is 0 Å². The van der Waals surface area contributed by atoms with Gasteiger partial charge >= 0.3 is 0 Å². The quantitative estimate of drug-likeness (QED) is 0.293. The molecule has 5 rings (SSSR count). The van der Waals surface area contributed by atoms with Crippen LogP contribution < -0.4 is 5.73 Å². The van der Waals surface area contributed by atoms with Crippen LogP contribution in [0.25, 0.3) is 22.2 Å². The molecule has 2 aromatic carbocycles. The molecule has 7 nitrogen and oxygen atoms in total. The third kappa shape index (κ3) is 4.03. The van der Waals surface area contributed by atoms with Gasteiger partial charge in [-0.2, -0.15) is 0 Å². The number of benzene rings is 2. The van der Waals surface area contributed by atoms with Gasteiger partial charge in [0.05, 0.1) is 28.7 Å². The maximum atomic E-state index is 12.0. The first-order chi connectivity index (χ1) is 17.8. The van der Waals surface area contributed by atoms with Crippen LogP contribution in [0.4, 0.5) is 0 Å². The minimum atomic E-state index is -0.524. The lowest BCUT2D eigenvalue weighted by Gasteiger charge is -2.24. The Morgan fingerprint density at radius 3 is 2.51 bits per heavy atom. The number of imidazole rings is 1. The lowest BCUT2D eigenvalue weighted by molar-refractivity contribution is 0.112. The Bertz CT molecular complexity index is 1510. The maximum absolute atomic E-state index is 12.0. The highest BCUT2D eigenvalue weighted by molar-refractivity contribution is 5.84. The summed E-state index contributed by atoms with van der Waals surface area (Å²) in [6.45, 7) is 4.11. The largest absolute Gasteiger partial charge is 0.319 e. The molecule has 2 atom stereocenters. The number of nitrogens with zero attached hydrogens (tertiary/aromatic N) is 5. The predicted molar refractivity (Wildman–Crippen MR) is 146 cm³/mol. The molecule has 0 radical (unpaired) electrons. The Kier molecular flexibility index (Phi) is 6.40. The van der Waals surface area contributed by atoms with E-state index in [2.05, 4.69) is 59.4 Å². The van der Waals surface area contributed by atoms with Gasteiger partial charge in [0.2, 0.25) is 0 Å². The fourth-order valence-corrected chi connectivity index (χ4v) is 5.45. The summed E-state index contributed by atoms with van der Waals surface area (Å²) in [4.78, 5) is 28.5. The zero-order valence-electron chi connectivity index (χ0n) is 21.8. The number of rotatable bonds is 7. The molecular formula is C30H32N6O. The first kappa shape index (κ1) is 24.8. The fraction of sp³-hybridized carbons (Fsp3) is 0.333. The van der Waals surface area contributed by atoms with E-state index < -0.39 is 5.54 Å². The molecule has 1 aliphatic rings. The molecule has 2 N–H and O–H groups in total. The summed E-state index contributed by atoms with van der Waals surface area (Å²) in [5, 5.41) is 0. The highest BCUT2D eigenvalue weighted by Gasteiger charge is 2.38. The Balaban J connectivity index is 1.66. The second-order valence-electron chi connectivity index (χ2n) is 10.0. The number of carbonyl (C=O) groups is 1. The first-order valence-corrected chi connectivity index (χ1v) is 12.7. The number of aromatic nitrogens is 4. The van der Waals surface area contributed by atoms with E-state index in [1.807, 2.05) is 42.7 Å². The minimum absolute atomic E-state index is 0.0922. The van der Waals surface area contributed by atoms with Crippen molar-refractivity contribution in [1.82, 2.24) is 24.4 Å². The fourth-order valence-electron chi connectivity index (χ4n) is 5.45. The van der Waals surface area contributed by atoms with Crippen LogP contribution in [0.2, 0.25) is 0 Å². The third-order valence-corrected chi connectivity index (χ3v) is 7.84. The number of fused-ring (bicyclic) bond motifs is 3. The lowest BCUT2D eigenvalue weighted by Crippen LogP contribution is -2.37. The molecule has 37 heavy (non-hydrogen) atoms. The van der Waals surface area contributed by atoms with E-state index in [0.29, 0.717) is 11.4 Å². The molecule has 0 aliphatic carbocycles. The first-order valence-electron chi connectivity index (χ1n) is 12.7. The highest BCUT2D eigenvalue weighted by atomic mass is 16.1. The lowest BCUT2D eigenvalue weighted by atomic mass is 9.92. The average molecular weight is 493 g/mol. The highest BCUT2D eigenvalue weighted by Crippen LogP contribution is 2.45. The van der Waals surface area contributed by atoms with Gasteiger partial charge in [-0.15, -0.1) is 6.42 Å². The summed E-state index contributed by atoms with van der Waals surface area (Å²) in [5.74, 6) is 4.42. The van der Waals surface area contributed by atoms with Crippen molar-refractivity contribution in [3.8, 4) is 23.5 Å². The van der Waals surface area contributed by atoms with E-state index in [0.717, 1.165) is 64.7 Å². The molecule has 188 valence electrons. The van der Waals surface area contributed by atoms with Gasteiger partial charge in [-0.25, -0.2) is 15.0 Å². The zero-order chi connectivity index (χ0) is 26.3. The van der Waals surface area contributed by atoms with E-state index in [1.54, 1.807) is 0 Å². The molecule has 2 aromatic heterocycles. The predicted octanol–water partition coefficient (Wildman–Crippen LogP) is 4.86. The zero-order valence-corrected chi connectivity index (χ0v) is 21.8. The standard InChI is InChI=1S/C30H32N6O/c1-6-19-10-9-11-21(18-37)27(19)25-15-26(35(4)5)28-34-23-13-12-20(14-24(23)36(25)28)22-16-32-29(33-17-22)30(31,7-2)8-3/h1,9-14,16-18,25-26H,7-8,15,31H2,2-5H3. The van der Waals surface area contributed by atoms with Crippen molar-refractivity contribution in [3.05, 3.63) is 77.1 Å². The molecular weight excluding hydrogens is 460 g/mol. The Morgan fingerprint density at radius 2 is 1.89 bits per heavy atom. The van der Waals surface area contributed by atoms with Gasteiger partial charge < -0.3 is 10.3 Å². The van der Waals surface area contributed by atoms with Crippen LogP contribution in [0.5, 0.6) is 0 Å². The number of terminal acetylenes is 1. The number of hydrogen-bond acceptors (Lipinski definition) is 6. The molecule has 7 heteroatoms. The summed E-state index contributed by atoms with van der Waals surface area (Å²) in [5.41, 5.74) is 12.0. The third-order valence-electron chi connectivity index (χ3n) is 7.84. The van der Waals surface area contributed by atoms with E-state index in [1.165, 1.54) is 0 Å². The molecule has 0 amide bonds. The van der Waals surface area contributed by atoms with Gasteiger partial charge in [0, 0.05) is 34.6 Å². The number of hydrogen-bond donors (Lipinski definition) is 1. The van der Waals surface area contributed by atoms with Crippen molar-refractivity contribution in [2.24, 2.45) is 5.73 Å². The van der Waals surface area contributed by atoms with Crippen molar-refractivity contribution >= 4 is 17.3 Å². The van der Waals surface area contributed by atoms with Crippen LogP contribution in [-0.2, 0) is 5.54 Å². The Morgan fingerprint density at radius 1 is 1.16 bits per heavy atom. The molecule has 3 heterocycles. The smallest absolute Gasteiger partial charge is 0.150 e. The van der Waals surface area contributed by atoms with Crippen LogP contribution >= 0.6 is 0 Å². The maximum Gasteiger partial charge on any atom is 0.150 e. The summed E-state index contributed by atoms with van der Waals surface area (Å²) < 4.78 is 2.25. The molecule has 0 spiro atoms. The van der Waals surface area contributed by atoms with Gasteiger partial charge in [-0.3, -0.25) is 9.69 Å². The number of aldehydes is 1. The summed E-state index contributed by atoms with van der Waals surface area (Å²) in [7, 11) is 4.11. The normalized spacial score (nSPS) is 17.2. The summed E-state index contributed by atoms with van der Waals surface area (Å²) in [6, 6.07) is 11.8. The SMILES string of the molecule is C#Cc1cccc(C=O)c1C1CC(N(C)C)c2nc3ccc(-c4cnc(C(N)(CC)CC)nc4)cc3n21. The summed E-state index contributed by atoms with van der Waals surface area (Å²) >= 11 is 0. The van der Waals surface area contributed by atoms with Crippen molar-refractivity contribution in [3.63, 3.8) is 0 Å². The van der Waals surface area contributed by atoms with E-state index in [9.17, 15) is 4.79 Å². The van der Waals surface area contributed by atoms with Crippen molar-refractivity contribution in [2.45, 2.75) is 50.7 Å². The second kappa shape index (κ2) is 9.55. The van der Waals surface area contributed by atoms with Crippen LogP contribution in [0.1, 0.15) is 78.3 Å². The van der Waals surface area contributed by atoms with Gasteiger partial charge in [0.25, 0.3) is 0 Å². The van der Waals surface area contributed by atoms with E-state index >= 15 is 0 Å². The van der Waals surface area contributed by atoms with Crippen molar-refractivity contribution < 1.29 is 4.79 Å². The number of carbonyl (C=O) groups excluding carboxylic acids is 1. The van der Waals surface area contributed by atoms with Gasteiger partial charge in [0.15, 0.2) is 0 Å². The van der Waals surface area contributed by atoms with Gasteiger partial charge in [-0.1, -0.05) is 38.0 Å². The molecule has 4 aromatic rings. The second-order valence-corrected chi connectivity index (χ2v) is 10.0. The molecule has 0 fully saturated rings. The Labute approximate surface area is 217 Å². The molecule has 2 unspecified atom stereocenters. The van der Waals surface area contributed by atoms with Crippen molar-refractivity contribution in [2.75, 3.05) is 14.1 Å². The Hall–Kier alpha value is -3.86. The van der Waals surface area contributed by atoms with Crippen LogP contribution in [-0.4, -0.2) is 44.8 Å².